The Bertz CT molecular complexity index is 742. The molecule has 0 N–H and O–H groups in total. The number of carbonyl (C=O) groups excluding carboxylic acids is 1. The first-order valence-electron chi connectivity index (χ1n) is 8.77. The van der Waals surface area contributed by atoms with Gasteiger partial charge in [-0.1, -0.05) is 35.9 Å². The zero-order chi connectivity index (χ0) is 17.8. The third kappa shape index (κ3) is 4.01. The van der Waals surface area contributed by atoms with Gasteiger partial charge in [0.15, 0.2) is 11.6 Å². The number of hydrogen-bond donors (Lipinski definition) is 0. The number of hydrogen-bond acceptors (Lipinski definition) is 2. The molecule has 4 heteroatoms. The molecule has 1 aliphatic rings. The summed E-state index contributed by atoms with van der Waals surface area (Å²) in [6.45, 7) is 2.86. The van der Waals surface area contributed by atoms with Crippen LogP contribution in [0.15, 0.2) is 42.5 Å². The normalized spacial score (nSPS) is 16.9. The Morgan fingerprint density at radius 3 is 2.68 bits per heavy atom. The van der Waals surface area contributed by atoms with Crippen molar-refractivity contribution < 1.29 is 13.9 Å². The molecule has 1 amide bonds. The molecule has 1 atom stereocenters. The maximum absolute atomic E-state index is 13.8. The van der Waals surface area contributed by atoms with Crippen molar-refractivity contribution in [2.75, 3.05) is 13.7 Å². The minimum absolute atomic E-state index is 0.138. The largest absolute Gasteiger partial charge is 0.494 e. The number of ether oxygens (including phenoxy) is 1. The van der Waals surface area contributed by atoms with Crippen LogP contribution < -0.4 is 4.74 Å². The number of methoxy groups -OCH3 is 1. The molecule has 0 radical (unpaired) electrons. The number of amides is 1. The maximum atomic E-state index is 13.8. The fourth-order valence-electron chi connectivity index (χ4n) is 3.46. The average Bonchev–Trinajstić information content (AvgIpc) is 3.10. The number of benzene rings is 2. The molecule has 3 nitrogen and oxygen atoms in total. The van der Waals surface area contributed by atoms with E-state index in [2.05, 4.69) is 31.2 Å². The molecule has 2 aromatic carbocycles. The lowest BCUT2D eigenvalue weighted by Gasteiger charge is -2.25. The minimum Gasteiger partial charge on any atom is -0.494 e. The third-order valence-electron chi connectivity index (χ3n) is 4.88. The second kappa shape index (κ2) is 7.68. The standard InChI is InChI=1S/C21H24FNO2/c1-15-5-9-17(10-6-15)19-4-3-13-23(19)21(24)12-8-16-7-11-20(25-2)18(22)14-16/h5-7,9-11,14,19H,3-4,8,12-13H2,1-2H3. The number of likely N-dealkylation sites (tertiary alicyclic amines) is 1. The molecule has 1 aliphatic heterocycles. The zero-order valence-corrected chi connectivity index (χ0v) is 14.8. The van der Waals surface area contributed by atoms with Crippen molar-refractivity contribution in [2.45, 2.75) is 38.6 Å². The fourth-order valence-corrected chi connectivity index (χ4v) is 3.46. The number of aryl methyl sites for hydroxylation is 2. The SMILES string of the molecule is COc1ccc(CCC(=O)N2CCCC2c2ccc(C)cc2)cc1F. The lowest BCUT2D eigenvalue weighted by atomic mass is 10.0. The number of nitrogens with zero attached hydrogens (tertiary/aromatic N) is 1. The van der Waals surface area contributed by atoms with Crippen LogP contribution in [0.2, 0.25) is 0 Å². The molecular formula is C21H24FNO2. The topological polar surface area (TPSA) is 29.5 Å². The summed E-state index contributed by atoms with van der Waals surface area (Å²) in [6, 6.07) is 13.5. The van der Waals surface area contributed by atoms with Gasteiger partial charge < -0.3 is 9.64 Å². The van der Waals surface area contributed by atoms with Gasteiger partial charge in [-0.2, -0.15) is 0 Å². The minimum atomic E-state index is -0.383. The predicted octanol–water partition coefficient (Wildman–Crippen LogP) is 4.44. The highest BCUT2D eigenvalue weighted by molar-refractivity contribution is 5.77. The Morgan fingerprint density at radius 2 is 2.00 bits per heavy atom. The van der Waals surface area contributed by atoms with Crippen molar-refractivity contribution >= 4 is 5.91 Å². The molecule has 0 spiro atoms. The summed E-state index contributed by atoms with van der Waals surface area (Å²) in [6.07, 6.45) is 2.97. The van der Waals surface area contributed by atoms with Gasteiger partial charge in [0.2, 0.25) is 5.91 Å². The molecular weight excluding hydrogens is 317 g/mol. The molecule has 25 heavy (non-hydrogen) atoms. The van der Waals surface area contributed by atoms with Crippen LogP contribution in [0.3, 0.4) is 0 Å². The van der Waals surface area contributed by atoms with Crippen LogP contribution in [0.4, 0.5) is 4.39 Å². The predicted molar refractivity (Wildman–Crippen MR) is 96.1 cm³/mol. The van der Waals surface area contributed by atoms with Crippen LogP contribution in [0.1, 0.15) is 42.0 Å². The van der Waals surface area contributed by atoms with Crippen LogP contribution in [-0.4, -0.2) is 24.5 Å². The average molecular weight is 341 g/mol. The van der Waals surface area contributed by atoms with Crippen molar-refractivity contribution in [1.82, 2.24) is 4.90 Å². The number of halogens is 1. The van der Waals surface area contributed by atoms with E-state index >= 15 is 0 Å². The Kier molecular flexibility index (Phi) is 5.37. The van der Waals surface area contributed by atoms with Gasteiger partial charge in [-0.05, 0) is 49.4 Å². The van der Waals surface area contributed by atoms with Crippen LogP contribution in [-0.2, 0) is 11.2 Å². The molecule has 2 aromatic rings. The summed E-state index contributed by atoms with van der Waals surface area (Å²) in [7, 11) is 1.44. The van der Waals surface area contributed by atoms with Crippen LogP contribution >= 0.6 is 0 Å². The lowest BCUT2D eigenvalue weighted by Crippen LogP contribution is -2.30. The van der Waals surface area contributed by atoms with Crippen LogP contribution in [0, 0.1) is 12.7 Å². The summed E-state index contributed by atoms with van der Waals surface area (Å²) in [5.74, 6) is -0.0143. The van der Waals surface area contributed by atoms with Crippen molar-refractivity contribution in [3.63, 3.8) is 0 Å². The molecule has 0 saturated carbocycles. The summed E-state index contributed by atoms with van der Waals surface area (Å²) >= 11 is 0. The van der Waals surface area contributed by atoms with Gasteiger partial charge >= 0.3 is 0 Å². The van der Waals surface area contributed by atoms with E-state index in [-0.39, 0.29) is 23.5 Å². The van der Waals surface area contributed by atoms with Gasteiger partial charge in [0.25, 0.3) is 0 Å². The maximum Gasteiger partial charge on any atom is 0.223 e. The monoisotopic (exact) mass is 341 g/mol. The second-order valence-corrected chi connectivity index (χ2v) is 6.62. The number of rotatable bonds is 5. The van der Waals surface area contributed by atoms with E-state index < -0.39 is 0 Å². The summed E-state index contributed by atoms with van der Waals surface area (Å²) < 4.78 is 18.7. The van der Waals surface area contributed by atoms with Crippen LogP contribution in [0.5, 0.6) is 5.75 Å². The van der Waals surface area contributed by atoms with Gasteiger partial charge in [-0.15, -0.1) is 0 Å². The van der Waals surface area contributed by atoms with E-state index in [1.54, 1.807) is 6.07 Å². The van der Waals surface area contributed by atoms with Gasteiger partial charge in [-0.3, -0.25) is 4.79 Å². The molecule has 1 heterocycles. The van der Waals surface area contributed by atoms with E-state index in [1.807, 2.05) is 11.0 Å². The number of carbonyl (C=O) groups is 1. The Morgan fingerprint density at radius 1 is 1.24 bits per heavy atom. The Labute approximate surface area is 148 Å². The lowest BCUT2D eigenvalue weighted by molar-refractivity contribution is -0.132. The molecule has 3 rings (SSSR count). The molecule has 132 valence electrons. The second-order valence-electron chi connectivity index (χ2n) is 6.62. The van der Waals surface area contributed by atoms with E-state index in [0.29, 0.717) is 12.8 Å². The van der Waals surface area contributed by atoms with E-state index in [9.17, 15) is 9.18 Å². The van der Waals surface area contributed by atoms with E-state index in [4.69, 9.17) is 4.74 Å². The first-order chi connectivity index (χ1) is 12.1. The first-order valence-corrected chi connectivity index (χ1v) is 8.77. The smallest absolute Gasteiger partial charge is 0.223 e. The van der Waals surface area contributed by atoms with Gasteiger partial charge in [0, 0.05) is 13.0 Å². The molecule has 0 aliphatic carbocycles. The highest BCUT2D eigenvalue weighted by atomic mass is 19.1. The van der Waals surface area contributed by atoms with Gasteiger partial charge in [0.1, 0.15) is 0 Å². The van der Waals surface area contributed by atoms with Gasteiger partial charge in [0.05, 0.1) is 13.2 Å². The quantitative estimate of drug-likeness (QED) is 0.805. The van der Waals surface area contributed by atoms with Crippen molar-refractivity contribution in [3.8, 4) is 5.75 Å². The van der Waals surface area contributed by atoms with E-state index in [0.717, 1.165) is 24.9 Å². The molecule has 1 unspecified atom stereocenters. The first kappa shape index (κ1) is 17.5. The fraction of sp³-hybridized carbons (Fsp3) is 0.381. The Balaban J connectivity index is 1.64. The van der Waals surface area contributed by atoms with Gasteiger partial charge in [-0.25, -0.2) is 4.39 Å². The summed E-state index contributed by atoms with van der Waals surface area (Å²) in [5, 5.41) is 0. The zero-order valence-electron chi connectivity index (χ0n) is 14.8. The molecule has 0 bridgehead atoms. The molecule has 1 saturated heterocycles. The van der Waals surface area contributed by atoms with Crippen LogP contribution in [0.25, 0.3) is 0 Å². The highest BCUT2D eigenvalue weighted by Crippen LogP contribution is 2.32. The highest BCUT2D eigenvalue weighted by Gasteiger charge is 2.29. The summed E-state index contributed by atoms with van der Waals surface area (Å²) in [4.78, 5) is 14.7. The van der Waals surface area contributed by atoms with Crippen molar-refractivity contribution in [3.05, 3.63) is 65.0 Å². The van der Waals surface area contributed by atoms with E-state index in [1.165, 1.54) is 24.3 Å². The molecule has 1 fully saturated rings. The van der Waals surface area contributed by atoms with Crippen molar-refractivity contribution in [2.24, 2.45) is 0 Å². The Hall–Kier alpha value is -2.36. The molecule has 0 aromatic heterocycles. The summed E-state index contributed by atoms with van der Waals surface area (Å²) in [5.41, 5.74) is 3.24. The third-order valence-corrected chi connectivity index (χ3v) is 4.88. The van der Waals surface area contributed by atoms with Crippen molar-refractivity contribution in [1.29, 1.82) is 0 Å².